The Morgan fingerprint density at radius 2 is 2.10 bits per heavy atom. The molecule has 2 aromatic rings. The van der Waals surface area contributed by atoms with Gasteiger partial charge in [0.05, 0.1) is 24.0 Å². The first-order chi connectivity index (χ1) is 10.0. The molecule has 4 N–H and O–H groups in total. The number of carbonyl (C=O) groups is 1. The normalized spacial score (nSPS) is 13.7. The van der Waals surface area contributed by atoms with E-state index in [-0.39, 0.29) is 12.5 Å². The van der Waals surface area contributed by atoms with Gasteiger partial charge in [-0.3, -0.25) is 9.48 Å². The SMILES string of the molecule is CCn1ncc(N)c1C(=O)NC(C)(CO)c1ccccc1. The Kier molecular flexibility index (Phi) is 4.28. The van der Waals surface area contributed by atoms with E-state index in [2.05, 4.69) is 10.4 Å². The second-order valence-electron chi connectivity index (χ2n) is 5.07. The highest BCUT2D eigenvalue weighted by molar-refractivity contribution is 5.97. The van der Waals surface area contributed by atoms with Gasteiger partial charge in [0.25, 0.3) is 5.91 Å². The van der Waals surface area contributed by atoms with Crippen LogP contribution in [0.5, 0.6) is 0 Å². The molecule has 1 amide bonds. The molecule has 0 aliphatic rings. The third-order valence-corrected chi connectivity index (χ3v) is 3.50. The number of hydrogen-bond acceptors (Lipinski definition) is 4. The number of hydrogen-bond donors (Lipinski definition) is 3. The Morgan fingerprint density at radius 3 is 2.67 bits per heavy atom. The van der Waals surface area contributed by atoms with Gasteiger partial charge in [0.2, 0.25) is 0 Å². The number of nitrogens with one attached hydrogen (secondary N) is 1. The lowest BCUT2D eigenvalue weighted by atomic mass is 9.92. The molecule has 6 heteroatoms. The highest BCUT2D eigenvalue weighted by Crippen LogP contribution is 2.21. The lowest BCUT2D eigenvalue weighted by molar-refractivity contribution is 0.0839. The van der Waals surface area contributed by atoms with Gasteiger partial charge in [0, 0.05) is 6.54 Å². The van der Waals surface area contributed by atoms with E-state index >= 15 is 0 Å². The van der Waals surface area contributed by atoms with Gasteiger partial charge >= 0.3 is 0 Å². The Bertz CT molecular complexity index is 624. The lowest BCUT2D eigenvalue weighted by Crippen LogP contribution is -2.47. The second-order valence-corrected chi connectivity index (χ2v) is 5.07. The topological polar surface area (TPSA) is 93.2 Å². The Balaban J connectivity index is 2.30. The summed E-state index contributed by atoms with van der Waals surface area (Å²) >= 11 is 0. The highest BCUT2D eigenvalue weighted by Gasteiger charge is 2.30. The van der Waals surface area contributed by atoms with E-state index in [1.165, 1.54) is 10.9 Å². The van der Waals surface area contributed by atoms with Crippen LogP contribution in [0, 0.1) is 0 Å². The second kappa shape index (κ2) is 5.97. The maximum atomic E-state index is 12.5. The number of benzene rings is 1. The zero-order chi connectivity index (χ0) is 15.5. The first kappa shape index (κ1) is 15.1. The molecule has 0 radical (unpaired) electrons. The maximum absolute atomic E-state index is 12.5. The van der Waals surface area contributed by atoms with Gasteiger partial charge in [-0.05, 0) is 19.4 Å². The molecule has 0 fully saturated rings. The van der Waals surface area contributed by atoms with E-state index in [9.17, 15) is 9.90 Å². The fourth-order valence-corrected chi connectivity index (χ4v) is 2.21. The van der Waals surface area contributed by atoms with E-state index < -0.39 is 5.54 Å². The molecule has 6 nitrogen and oxygen atoms in total. The van der Waals surface area contributed by atoms with Crippen molar-refractivity contribution in [2.75, 3.05) is 12.3 Å². The molecule has 2 rings (SSSR count). The predicted molar refractivity (Wildman–Crippen MR) is 80.7 cm³/mol. The minimum atomic E-state index is -0.881. The third-order valence-electron chi connectivity index (χ3n) is 3.50. The van der Waals surface area contributed by atoms with Gasteiger partial charge in [-0.2, -0.15) is 5.10 Å². The van der Waals surface area contributed by atoms with Crippen molar-refractivity contribution < 1.29 is 9.90 Å². The van der Waals surface area contributed by atoms with Crippen molar-refractivity contribution in [3.63, 3.8) is 0 Å². The number of aryl methyl sites for hydroxylation is 1. The monoisotopic (exact) mass is 288 g/mol. The number of carbonyl (C=O) groups excluding carboxylic acids is 1. The lowest BCUT2D eigenvalue weighted by Gasteiger charge is -2.29. The van der Waals surface area contributed by atoms with Crippen LogP contribution in [-0.2, 0) is 12.1 Å². The summed E-state index contributed by atoms with van der Waals surface area (Å²) in [4.78, 5) is 12.5. The predicted octanol–water partition coefficient (Wildman–Crippen LogP) is 1.12. The summed E-state index contributed by atoms with van der Waals surface area (Å²) in [5.41, 5.74) is 6.39. The van der Waals surface area contributed by atoms with Crippen LogP contribution in [0.3, 0.4) is 0 Å². The summed E-state index contributed by atoms with van der Waals surface area (Å²) in [5.74, 6) is -0.354. The fourth-order valence-electron chi connectivity index (χ4n) is 2.21. The van der Waals surface area contributed by atoms with Crippen LogP contribution in [-0.4, -0.2) is 27.4 Å². The van der Waals surface area contributed by atoms with Gasteiger partial charge in [-0.25, -0.2) is 0 Å². The summed E-state index contributed by atoms with van der Waals surface area (Å²) in [6, 6.07) is 9.32. The van der Waals surface area contributed by atoms with Gasteiger partial charge in [0.15, 0.2) is 0 Å². The molecular formula is C15H20N4O2. The van der Waals surface area contributed by atoms with Crippen molar-refractivity contribution in [3.05, 3.63) is 47.8 Å². The van der Waals surface area contributed by atoms with Gasteiger partial charge in [-0.15, -0.1) is 0 Å². The molecule has 0 bridgehead atoms. The van der Waals surface area contributed by atoms with Crippen molar-refractivity contribution >= 4 is 11.6 Å². The summed E-state index contributed by atoms with van der Waals surface area (Å²) in [6.45, 7) is 3.97. The Hall–Kier alpha value is -2.34. The number of amides is 1. The van der Waals surface area contributed by atoms with Crippen molar-refractivity contribution in [1.82, 2.24) is 15.1 Å². The van der Waals surface area contributed by atoms with Crippen molar-refractivity contribution in [2.45, 2.75) is 25.9 Å². The Morgan fingerprint density at radius 1 is 1.43 bits per heavy atom. The first-order valence-electron chi connectivity index (χ1n) is 6.82. The van der Waals surface area contributed by atoms with Crippen molar-refractivity contribution in [3.8, 4) is 0 Å². The smallest absolute Gasteiger partial charge is 0.272 e. The molecule has 1 heterocycles. The van der Waals surface area contributed by atoms with E-state index in [0.717, 1.165) is 5.56 Å². The fraction of sp³-hybridized carbons (Fsp3) is 0.333. The first-order valence-corrected chi connectivity index (χ1v) is 6.82. The zero-order valence-electron chi connectivity index (χ0n) is 12.2. The van der Waals surface area contributed by atoms with Gasteiger partial charge in [0.1, 0.15) is 5.69 Å². The largest absolute Gasteiger partial charge is 0.396 e. The van der Waals surface area contributed by atoms with E-state index in [1.54, 1.807) is 6.92 Å². The number of aromatic nitrogens is 2. The van der Waals surface area contributed by atoms with Crippen LogP contribution in [0.1, 0.15) is 29.9 Å². The maximum Gasteiger partial charge on any atom is 0.272 e. The number of aliphatic hydroxyl groups is 1. The molecule has 0 saturated carbocycles. The molecule has 0 spiro atoms. The minimum Gasteiger partial charge on any atom is -0.396 e. The summed E-state index contributed by atoms with van der Waals surface area (Å²) < 4.78 is 1.54. The third kappa shape index (κ3) is 2.90. The molecule has 1 atom stereocenters. The zero-order valence-corrected chi connectivity index (χ0v) is 12.2. The number of anilines is 1. The molecular weight excluding hydrogens is 268 g/mol. The molecule has 1 aromatic heterocycles. The number of nitrogens with zero attached hydrogens (tertiary/aromatic N) is 2. The van der Waals surface area contributed by atoms with Crippen LogP contribution in [0.15, 0.2) is 36.5 Å². The quantitative estimate of drug-likeness (QED) is 0.768. The van der Waals surface area contributed by atoms with E-state index in [1.807, 2.05) is 37.3 Å². The standard InChI is InChI=1S/C15H20N4O2/c1-3-19-13(12(16)9-17-19)14(21)18-15(2,10-20)11-7-5-4-6-8-11/h4-9,20H,3,10,16H2,1-2H3,(H,18,21). The number of rotatable bonds is 5. The molecule has 1 aromatic carbocycles. The molecule has 0 aliphatic heterocycles. The van der Waals surface area contributed by atoms with E-state index in [4.69, 9.17) is 5.73 Å². The molecule has 0 saturated heterocycles. The average Bonchev–Trinajstić information content (AvgIpc) is 2.89. The van der Waals surface area contributed by atoms with Crippen molar-refractivity contribution in [2.24, 2.45) is 0 Å². The number of aliphatic hydroxyl groups excluding tert-OH is 1. The Labute approximate surface area is 123 Å². The summed E-state index contributed by atoms with van der Waals surface area (Å²) in [7, 11) is 0. The summed E-state index contributed by atoms with van der Waals surface area (Å²) in [6.07, 6.45) is 1.46. The summed E-state index contributed by atoms with van der Waals surface area (Å²) in [5, 5.41) is 16.6. The van der Waals surface area contributed by atoms with Gasteiger partial charge in [-0.1, -0.05) is 30.3 Å². The van der Waals surface area contributed by atoms with E-state index in [0.29, 0.717) is 17.9 Å². The van der Waals surface area contributed by atoms with Crippen LogP contribution in [0.25, 0.3) is 0 Å². The van der Waals surface area contributed by atoms with Crippen LogP contribution in [0.2, 0.25) is 0 Å². The van der Waals surface area contributed by atoms with Crippen LogP contribution in [0.4, 0.5) is 5.69 Å². The number of nitrogens with two attached hydrogens (primary N) is 1. The average molecular weight is 288 g/mol. The van der Waals surface area contributed by atoms with Crippen molar-refractivity contribution in [1.29, 1.82) is 0 Å². The molecule has 21 heavy (non-hydrogen) atoms. The highest BCUT2D eigenvalue weighted by atomic mass is 16.3. The molecule has 0 aliphatic carbocycles. The number of nitrogen functional groups attached to an aromatic ring is 1. The molecule has 1 unspecified atom stereocenters. The van der Waals surface area contributed by atoms with Gasteiger partial charge < -0.3 is 16.2 Å². The molecule has 112 valence electrons. The van der Waals surface area contributed by atoms with Crippen LogP contribution < -0.4 is 11.1 Å². The minimum absolute atomic E-state index is 0.219. The van der Waals surface area contributed by atoms with Crippen LogP contribution >= 0.6 is 0 Å².